The fourth-order valence-electron chi connectivity index (χ4n) is 2.23. The molecule has 1 N–H and O–H groups in total. The minimum Gasteiger partial charge on any atom is -0.497 e. The zero-order chi connectivity index (χ0) is 17.3. The topological polar surface area (TPSA) is 58.6 Å². The third-order valence-corrected chi connectivity index (χ3v) is 4.22. The molecule has 0 aromatic heterocycles. The molecule has 0 spiro atoms. The summed E-state index contributed by atoms with van der Waals surface area (Å²) in [6.07, 6.45) is 1.52. The lowest BCUT2D eigenvalue weighted by Gasteiger charge is -2.15. The number of rotatable bonds is 3. The SMILES string of the molecule is COc1ccc(/C=C2/C(=O)NN(c3ccc(Cl)c(Cl)c3)C2=O)cc1. The number of halogens is 2. The largest absolute Gasteiger partial charge is 0.497 e. The van der Waals surface area contributed by atoms with Crippen molar-refractivity contribution in [2.45, 2.75) is 0 Å². The highest BCUT2D eigenvalue weighted by Gasteiger charge is 2.34. The van der Waals surface area contributed by atoms with Gasteiger partial charge in [-0.15, -0.1) is 0 Å². The van der Waals surface area contributed by atoms with Crippen LogP contribution in [0.25, 0.3) is 6.08 Å². The average Bonchev–Trinajstić information content (AvgIpc) is 2.86. The van der Waals surface area contributed by atoms with E-state index in [1.54, 1.807) is 43.5 Å². The molecule has 3 rings (SSSR count). The van der Waals surface area contributed by atoms with Gasteiger partial charge < -0.3 is 4.74 Å². The van der Waals surface area contributed by atoms with Gasteiger partial charge in [0.2, 0.25) is 0 Å². The molecule has 5 nitrogen and oxygen atoms in total. The summed E-state index contributed by atoms with van der Waals surface area (Å²) in [5, 5.41) is 1.80. The lowest BCUT2D eigenvalue weighted by Crippen LogP contribution is -2.35. The van der Waals surface area contributed by atoms with E-state index in [9.17, 15) is 9.59 Å². The van der Waals surface area contributed by atoms with Gasteiger partial charge in [0.25, 0.3) is 11.8 Å². The maximum absolute atomic E-state index is 12.5. The van der Waals surface area contributed by atoms with E-state index < -0.39 is 11.8 Å². The maximum Gasteiger partial charge on any atom is 0.282 e. The summed E-state index contributed by atoms with van der Waals surface area (Å²) in [6.45, 7) is 0. The highest BCUT2D eigenvalue weighted by molar-refractivity contribution is 6.42. The molecule has 0 aliphatic carbocycles. The number of hydrazine groups is 1. The number of nitrogens with one attached hydrogen (secondary N) is 1. The van der Waals surface area contributed by atoms with Gasteiger partial charge in [-0.2, -0.15) is 0 Å². The number of anilines is 1. The number of hydrogen-bond donors (Lipinski definition) is 1. The fourth-order valence-corrected chi connectivity index (χ4v) is 2.52. The molecule has 0 atom stereocenters. The second kappa shape index (κ2) is 6.55. The molecule has 0 radical (unpaired) electrons. The Hall–Kier alpha value is -2.50. The molecule has 2 amide bonds. The molecular formula is C17H12Cl2N2O3. The van der Waals surface area contributed by atoms with Crippen LogP contribution in [0.1, 0.15) is 5.56 Å². The van der Waals surface area contributed by atoms with E-state index in [1.807, 2.05) is 0 Å². The summed E-state index contributed by atoms with van der Waals surface area (Å²) >= 11 is 11.8. The normalized spacial score (nSPS) is 15.8. The van der Waals surface area contributed by atoms with E-state index in [2.05, 4.69) is 5.43 Å². The smallest absolute Gasteiger partial charge is 0.282 e. The van der Waals surface area contributed by atoms with E-state index in [0.29, 0.717) is 27.0 Å². The van der Waals surface area contributed by atoms with Crippen molar-refractivity contribution in [1.29, 1.82) is 0 Å². The lowest BCUT2D eigenvalue weighted by atomic mass is 10.1. The zero-order valence-electron chi connectivity index (χ0n) is 12.5. The number of nitrogens with zero attached hydrogens (tertiary/aromatic N) is 1. The Labute approximate surface area is 148 Å². The summed E-state index contributed by atoms with van der Waals surface area (Å²) in [7, 11) is 1.57. The Bertz CT molecular complexity index is 847. The first-order valence-corrected chi connectivity index (χ1v) is 7.71. The van der Waals surface area contributed by atoms with Crippen LogP contribution in [-0.4, -0.2) is 18.9 Å². The summed E-state index contributed by atoms with van der Waals surface area (Å²) in [4.78, 5) is 24.6. The van der Waals surface area contributed by atoms with Gasteiger partial charge in [-0.3, -0.25) is 15.0 Å². The fraction of sp³-hybridized carbons (Fsp3) is 0.0588. The highest BCUT2D eigenvalue weighted by atomic mass is 35.5. The number of benzene rings is 2. The summed E-state index contributed by atoms with van der Waals surface area (Å²) in [5.41, 5.74) is 3.69. The van der Waals surface area contributed by atoms with Gasteiger partial charge in [0, 0.05) is 0 Å². The number of amides is 2. The van der Waals surface area contributed by atoms with Crippen molar-refractivity contribution >= 4 is 46.8 Å². The molecule has 0 saturated carbocycles. The molecule has 1 heterocycles. The van der Waals surface area contributed by atoms with Gasteiger partial charge in [0.1, 0.15) is 11.3 Å². The van der Waals surface area contributed by atoms with Crippen LogP contribution in [-0.2, 0) is 9.59 Å². The number of hydrogen-bond acceptors (Lipinski definition) is 3. The molecular weight excluding hydrogens is 351 g/mol. The Morgan fingerprint density at radius 3 is 2.38 bits per heavy atom. The van der Waals surface area contributed by atoms with Crippen LogP contribution >= 0.6 is 23.2 Å². The van der Waals surface area contributed by atoms with Crippen LogP contribution in [0.15, 0.2) is 48.0 Å². The van der Waals surface area contributed by atoms with Crippen molar-refractivity contribution in [3.63, 3.8) is 0 Å². The molecule has 7 heteroatoms. The standard InChI is InChI=1S/C17H12Cl2N2O3/c1-24-12-5-2-10(3-6-12)8-13-16(22)20-21(17(13)23)11-4-7-14(18)15(19)9-11/h2-9H,1H3,(H,20,22)/b13-8-. The number of methoxy groups -OCH3 is 1. The van der Waals surface area contributed by atoms with Crippen LogP contribution < -0.4 is 15.2 Å². The molecule has 1 aliphatic heterocycles. The van der Waals surface area contributed by atoms with E-state index in [0.717, 1.165) is 5.01 Å². The molecule has 1 aliphatic rings. The van der Waals surface area contributed by atoms with Crippen molar-refractivity contribution in [2.75, 3.05) is 12.1 Å². The van der Waals surface area contributed by atoms with E-state index in [4.69, 9.17) is 27.9 Å². The number of carbonyl (C=O) groups excluding carboxylic acids is 2. The van der Waals surface area contributed by atoms with Gasteiger partial charge in [0.05, 0.1) is 22.8 Å². The Morgan fingerprint density at radius 2 is 1.75 bits per heavy atom. The molecule has 122 valence electrons. The summed E-state index contributed by atoms with van der Waals surface area (Å²) in [6, 6.07) is 11.7. The van der Waals surface area contributed by atoms with E-state index >= 15 is 0 Å². The molecule has 1 fully saturated rings. The molecule has 2 aromatic rings. The lowest BCUT2D eigenvalue weighted by molar-refractivity contribution is -0.117. The predicted octanol–water partition coefficient (Wildman–Crippen LogP) is 3.46. The zero-order valence-corrected chi connectivity index (χ0v) is 14.1. The number of carbonyl (C=O) groups is 2. The van der Waals surface area contributed by atoms with E-state index in [1.165, 1.54) is 12.1 Å². The summed E-state index contributed by atoms with van der Waals surface area (Å²) < 4.78 is 5.08. The minimum atomic E-state index is -0.484. The first kappa shape index (κ1) is 16.4. The van der Waals surface area contributed by atoms with Crippen molar-refractivity contribution in [2.24, 2.45) is 0 Å². The highest BCUT2D eigenvalue weighted by Crippen LogP contribution is 2.29. The number of ether oxygens (including phenoxy) is 1. The second-order valence-corrected chi connectivity index (χ2v) is 5.83. The summed E-state index contributed by atoms with van der Waals surface area (Å²) in [5.74, 6) is -0.257. The van der Waals surface area contributed by atoms with Gasteiger partial charge in [-0.1, -0.05) is 35.3 Å². The van der Waals surface area contributed by atoms with Gasteiger partial charge >= 0.3 is 0 Å². The molecule has 24 heavy (non-hydrogen) atoms. The van der Waals surface area contributed by atoms with Gasteiger partial charge in [-0.25, -0.2) is 5.01 Å². The quantitative estimate of drug-likeness (QED) is 0.671. The maximum atomic E-state index is 12.5. The Balaban J connectivity index is 1.90. The average molecular weight is 363 g/mol. The minimum absolute atomic E-state index is 0.0336. The van der Waals surface area contributed by atoms with Gasteiger partial charge in [-0.05, 0) is 42.0 Å². The van der Waals surface area contributed by atoms with Crippen molar-refractivity contribution in [3.05, 3.63) is 63.6 Å². The predicted molar refractivity (Wildman–Crippen MR) is 93.1 cm³/mol. The van der Waals surface area contributed by atoms with Crippen LogP contribution in [0.3, 0.4) is 0 Å². The third kappa shape index (κ3) is 3.09. The van der Waals surface area contributed by atoms with E-state index in [-0.39, 0.29) is 5.57 Å². The Kier molecular flexibility index (Phi) is 4.46. The van der Waals surface area contributed by atoms with Crippen LogP contribution in [0.5, 0.6) is 5.75 Å². The van der Waals surface area contributed by atoms with Crippen molar-refractivity contribution in [3.8, 4) is 5.75 Å². The Morgan fingerprint density at radius 1 is 1.04 bits per heavy atom. The molecule has 0 unspecified atom stereocenters. The van der Waals surface area contributed by atoms with Crippen molar-refractivity contribution < 1.29 is 14.3 Å². The first-order valence-electron chi connectivity index (χ1n) is 6.96. The van der Waals surface area contributed by atoms with Gasteiger partial charge in [0.15, 0.2) is 0 Å². The second-order valence-electron chi connectivity index (χ2n) is 5.01. The first-order chi connectivity index (χ1) is 11.5. The molecule has 0 bridgehead atoms. The molecule has 1 saturated heterocycles. The molecule has 2 aromatic carbocycles. The van der Waals surface area contributed by atoms with Crippen LogP contribution in [0.2, 0.25) is 10.0 Å². The monoisotopic (exact) mass is 362 g/mol. The van der Waals surface area contributed by atoms with Crippen LogP contribution in [0, 0.1) is 0 Å². The van der Waals surface area contributed by atoms with Crippen LogP contribution in [0.4, 0.5) is 5.69 Å². The third-order valence-electron chi connectivity index (χ3n) is 3.48. The van der Waals surface area contributed by atoms with Crippen molar-refractivity contribution in [1.82, 2.24) is 5.43 Å².